The number of benzene rings is 1. The Morgan fingerprint density at radius 2 is 2.00 bits per heavy atom. The fourth-order valence-electron chi connectivity index (χ4n) is 1.65. The first-order chi connectivity index (χ1) is 8.64. The normalized spacial score (nSPS) is 13.4. The van der Waals surface area contributed by atoms with Gasteiger partial charge in [0.25, 0.3) is 0 Å². The van der Waals surface area contributed by atoms with Gasteiger partial charge in [-0.1, -0.05) is 17.7 Å². The van der Waals surface area contributed by atoms with Crippen molar-refractivity contribution in [3.63, 3.8) is 0 Å². The van der Waals surface area contributed by atoms with Gasteiger partial charge >= 0.3 is 0 Å². The molecule has 0 spiro atoms. The number of nitriles is 1. The van der Waals surface area contributed by atoms with Crippen LogP contribution in [-0.2, 0) is 5.54 Å². The van der Waals surface area contributed by atoms with E-state index in [2.05, 4.69) is 16.4 Å². The third-order valence-corrected chi connectivity index (χ3v) is 2.95. The molecule has 18 heavy (non-hydrogen) atoms. The molecule has 2 rings (SSSR count). The highest BCUT2D eigenvalue weighted by Gasteiger charge is 2.26. The molecule has 1 N–H and O–H groups in total. The van der Waals surface area contributed by atoms with Crippen LogP contribution in [0.5, 0.6) is 0 Å². The Morgan fingerprint density at radius 3 is 2.56 bits per heavy atom. The lowest BCUT2D eigenvalue weighted by molar-refractivity contribution is 0.702. The third-order valence-electron chi connectivity index (χ3n) is 2.70. The zero-order valence-corrected chi connectivity index (χ0v) is 10.6. The molecule has 0 aliphatic heterocycles. The molecule has 0 aliphatic carbocycles. The Morgan fingerprint density at radius 1 is 1.28 bits per heavy atom. The summed E-state index contributed by atoms with van der Waals surface area (Å²) in [5.74, 6) is 0. The lowest BCUT2D eigenvalue weighted by Crippen LogP contribution is -2.30. The van der Waals surface area contributed by atoms with Gasteiger partial charge in [-0.2, -0.15) is 5.26 Å². The summed E-state index contributed by atoms with van der Waals surface area (Å²) in [7, 11) is 0. The van der Waals surface area contributed by atoms with Crippen molar-refractivity contribution < 1.29 is 0 Å². The first-order valence-electron chi connectivity index (χ1n) is 5.49. The quantitative estimate of drug-likeness (QED) is 0.914. The lowest BCUT2D eigenvalue weighted by Gasteiger charge is -2.24. The van der Waals surface area contributed by atoms with E-state index in [-0.39, 0.29) is 0 Å². The van der Waals surface area contributed by atoms with Crippen molar-refractivity contribution in [3.05, 3.63) is 59.4 Å². The SMILES string of the molecule is C[C@@](C#N)(Nc1ccc(Cl)cc1)c1cccnc1. The van der Waals surface area contributed by atoms with Gasteiger partial charge in [-0.25, -0.2) is 0 Å². The van der Waals surface area contributed by atoms with Crippen molar-refractivity contribution in [2.24, 2.45) is 0 Å². The molecule has 0 amide bonds. The van der Waals surface area contributed by atoms with Gasteiger partial charge in [-0.05, 0) is 37.3 Å². The monoisotopic (exact) mass is 257 g/mol. The minimum absolute atomic E-state index is 0.667. The minimum Gasteiger partial charge on any atom is -0.364 e. The number of rotatable bonds is 3. The highest BCUT2D eigenvalue weighted by Crippen LogP contribution is 2.25. The Kier molecular flexibility index (Phi) is 3.50. The average molecular weight is 258 g/mol. The number of nitrogens with one attached hydrogen (secondary N) is 1. The van der Waals surface area contributed by atoms with Crippen LogP contribution >= 0.6 is 11.6 Å². The van der Waals surface area contributed by atoms with E-state index < -0.39 is 5.54 Å². The number of hydrogen-bond donors (Lipinski definition) is 1. The second-order valence-electron chi connectivity index (χ2n) is 4.11. The zero-order valence-electron chi connectivity index (χ0n) is 9.89. The molecule has 0 radical (unpaired) electrons. The number of aromatic nitrogens is 1. The van der Waals surface area contributed by atoms with Gasteiger partial charge in [0.15, 0.2) is 0 Å². The summed E-state index contributed by atoms with van der Waals surface area (Å²) in [6, 6.07) is 13.2. The van der Waals surface area contributed by atoms with E-state index in [1.54, 1.807) is 24.5 Å². The van der Waals surface area contributed by atoms with E-state index in [0.29, 0.717) is 5.02 Å². The first kappa shape index (κ1) is 12.4. The van der Waals surface area contributed by atoms with Gasteiger partial charge in [0.2, 0.25) is 0 Å². The molecule has 0 saturated heterocycles. The predicted octanol–water partition coefficient (Wildman–Crippen LogP) is 3.59. The Hall–Kier alpha value is -2.05. The van der Waals surface area contributed by atoms with Crippen LogP contribution in [-0.4, -0.2) is 4.98 Å². The first-order valence-corrected chi connectivity index (χ1v) is 5.87. The summed E-state index contributed by atoms with van der Waals surface area (Å²) in [4.78, 5) is 4.04. The summed E-state index contributed by atoms with van der Waals surface area (Å²) >= 11 is 5.83. The van der Waals surface area contributed by atoms with Crippen LogP contribution in [0.2, 0.25) is 5.02 Å². The fraction of sp³-hybridized carbons (Fsp3) is 0.143. The van der Waals surface area contributed by atoms with E-state index in [1.807, 2.05) is 31.2 Å². The average Bonchev–Trinajstić information content (AvgIpc) is 2.42. The summed E-state index contributed by atoms with van der Waals surface area (Å²) in [6.07, 6.45) is 3.37. The van der Waals surface area contributed by atoms with Crippen molar-refractivity contribution in [2.45, 2.75) is 12.5 Å². The zero-order chi connectivity index (χ0) is 13.0. The molecule has 0 unspecified atom stereocenters. The van der Waals surface area contributed by atoms with Crippen LogP contribution in [0, 0.1) is 11.3 Å². The molecule has 1 heterocycles. The highest BCUT2D eigenvalue weighted by molar-refractivity contribution is 6.30. The van der Waals surface area contributed by atoms with Gasteiger partial charge in [-0.15, -0.1) is 0 Å². The molecule has 90 valence electrons. The maximum Gasteiger partial charge on any atom is 0.149 e. The van der Waals surface area contributed by atoms with E-state index in [1.165, 1.54) is 0 Å². The number of nitrogens with zero attached hydrogens (tertiary/aromatic N) is 2. The number of pyridine rings is 1. The van der Waals surface area contributed by atoms with Crippen LogP contribution in [0.15, 0.2) is 48.8 Å². The standard InChI is InChI=1S/C14H12ClN3/c1-14(10-16,11-3-2-8-17-9-11)18-13-6-4-12(15)5-7-13/h2-9,18H,1H3/t14-/m0/s1. The van der Waals surface area contributed by atoms with E-state index >= 15 is 0 Å². The van der Waals surface area contributed by atoms with Gasteiger partial charge < -0.3 is 5.32 Å². The second kappa shape index (κ2) is 5.07. The lowest BCUT2D eigenvalue weighted by atomic mass is 9.95. The van der Waals surface area contributed by atoms with Crippen molar-refractivity contribution in [1.82, 2.24) is 4.98 Å². The highest BCUT2D eigenvalue weighted by atomic mass is 35.5. The van der Waals surface area contributed by atoms with Crippen molar-refractivity contribution >= 4 is 17.3 Å². The van der Waals surface area contributed by atoms with Gasteiger partial charge in [0.05, 0.1) is 6.07 Å². The summed E-state index contributed by atoms with van der Waals surface area (Å²) in [6.45, 7) is 1.82. The molecular weight excluding hydrogens is 246 g/mol. The molecule has 0 saturated carbocycles. The van der Waals surface area contributed by atoms with Gasteiger partial charge in [0.1, 0.15) is 5.54 Å². The van der Waals surface area contributed by atoms with Crippen LogP contribution in [0.3, 0.4) is 0 Å². The third kappa shape index (κ3) is 2.61. The number of hydrogen-bond acceptors (Lipinski definition) is 3. The van der Waals surface area contributed by atoms with Crippen LogP contribution in [0.4, 0.5) is 5.69 Å². The van der Waals surface area contributed by atoms with Gasteiger partial charge in [0, 0.05) is 28.7 Å². The Bertz CT molecular complexity index is 560. The maximum absolute atomic E-state index is 9.39. The molecule has 3 nitrogen and oxygen atoms in total. The topological polar surface area (TPSA) is 48.7 Å². The van der Waals surface area contributed by atoms with E-state index in [0.717, 1.165) is 11.3 Å². The Labute approximate surface area is 111 Å². The molecular formula is C14H12ClN3. The van der Waals surface area contributed by atoms with Crippen LogP contribution in [0.25, 0.3) is 0 Å². The molecule has 0 aliphatic rings. The van der Waals surface area contributed by atoms with E-state index in [4.69, 9.17) is 11.6 Å². The number of halogens is 1. The Balaban J connectivity index is 2.30. The summed E-state index contributed by atoms with van der Waals surface area (Å²) in [5.41, 5.74) is 0.844. The molecule has 0 fully saturated rings. The molecule has 1 atom stereocenters. The van der Waals surface area contributed by atoms with Crippen molar-refractivity contribution in [1.29, 1.82) is 5.26 Å². The van der Waals surface area contributed by atoms with Crippen LogP contribution in [0.1, 0.15) is 12.5 Å². The van der Waals surface area contributed by atoms with Gasteiger partial charge in [-0.3, -0.25) is 4.98 Å². The maximum atomic E-state index is 9.39. The summed E-state index contributed by atoms with van der Waals surface area (Å²) < 4.78 is 0. The molecule has 1 aromatic carbocycles. The molecule has 1 aromatic heterocycles. The number of anilines is 1. The molecule has 0 bridgehead atoms. The predicted molar refractivity (Wildman–Crippen MR) is 72.3 cm³/mol. The van der Waals surface area contributed by atoms with Crippen molar-refractivity contribution in [2.75, 3.05) is 5.32 Å². The summed E-state index contributed by atoms with van der Waals surface area (Å²) in [5, 5.41) is 13.2. The second-order valence-corrected chi connectivity index (χ2v) is 4.55. The molecule has 4 heteroatoms. The molecule has 2 aromatic rings. The van der Waals surface area contributed by atoms with Crippen molar-refractivity contribution in [3.8, 4) is 6.07 Å². The van der Waals surface area contributed by atoms with Crippen LogP contribution < -0.4 is 5.32 Å². The minimum atomic E-state index is -0.817. The smallest absolute Gasteiger partial charge is 0.149 e. The fourth-order valence-corrected chi connectivity index (χ4v) is 1.77. The largest absolute Gasteiger partial charge is 0.364 e. The van der Waals surface area contributed by atoms with E-state index in [9.17, 15) is 5.26 Å².